The van der Waals surface area contributed by atoms with E-state index in [-0.39, 0.29) is 29.3 Å². The first-order valence-corrected chi connectivity index (χ1v) is 9.46. The number of esters is 1. The van der Waals surface area contributed by atoms with E-state index in [0.29, 0.717) is 39.8 Å². The second-order valence-electron chi connectivity index (χ2n) is 7.45. The monoisotopic (exact) mass is 409 g/mol. The van der Waals surface area contributed by atoms with Gasteiger partial charge in [-0.15, -0.1) is 0 Å². The third-order valence-corrected chi connectivity index (χ3v) is 5.40. The Balaban J connectivity index is 2.26. The summed E-state index contributed by atoms with van der Waals surface area (Å²) in [5.41, 5.74) is 6.72. The number of carbonyl (C=O) groups excluding carboxylic acids is 2. The van der Waals surface area contributed by atoms with E-state index in [9.17, 15) is 9.59 Å². The van der Waals surface area contributed by atoms with Crippen LogP contribution in [-0.2, 0) is 19.1 Å². The lowest BCUT2D eigenvalue weighted by Gasteiger charge is -2.38. The zero-order valence-electron chi connectivity index (χ0n) is 15.4. The van der Waals surface area contributed by atoms with Crippen LogP contribution in [0.2, 0.25) is 10.0 Å². The molecule has 2 N–H and O–H groups in total. The first-order chi connectivity index (χ1) is 12.7. The van der Waals surface area contributed by atoms with Crippen molar-refractivity contribution in [3.05, 3.63) is 56.6 Å². The quantitative estimate of drug-likeness (QED) is 0.744. The van der Waals surface area contributed by atoms with Gasteiger partial charge in [-0.2, -0.15) is 0 Å². The van der Waals surface area contributed by atoms with Crippen LogP contribution in [-0.4, -0.2) is 18.4 Å². The smallest absolute Gasteiger partial charge is 0.340 e. The second kappa shape index (κ2) is 7.21. The number of hydrogen-bond acceptors (Lipinski definition) is 5. The predicted molar refractivity (Wildman–Crippen MR) is 103 cm³/mol. The van der Waals surface area contributed by atoms with Crippen molar-refractivity contribution in [1.82, 2.24) is 0 Å². The summed E-state index contributed by atoms with van der Waals surface area (Å²) in [6, 6.07) is 5.02. The Hall–Kier alpha value is -1.98. The molecule has 0 radical (unpaired) electrons. The zero-order valence-corrected chi connectivity index (χ0v) is 16.9. The summed E-state index contributed by atoms with van der Waals surface area (Å²) in [5, 5.41) is 0.682. The number of benzene rings is 1. The predicted octanol–water partition coefficient (Wildman–Crippen LogP) is 4.48. The molecular weight excluding hydrogens is 389 g/mol. The number of nitrogens with two attached hydrogens (primary N) is 1. The minimum absolute atomic E-state index is 0.0543. The fraction of sp³-hybridized carbons (Fsp3) is 0.400. The van der Waals surface area contributed by atoms with Gasteiger partial charge in [0.2, 0.25) is 5.88 Å². The molecule has 1 atom stereocenters. The highest BCUT2D eigenvalue weighted by Gasteiger charge is 2.46. The highest BCUT2D eigenvalue weighted by atomic mass is 35.5. The normalized spacial score (nSPS) is 21.7. The third-order valence-electron chi connectivity index (χ3n) is 4.74. The largest absolute Gasteiger partial charge is 0.462 e. The summed E-state index contributed by atoms with van der Waals surface area (Å²) in [6.45, 7) is 5.81. The molecule has 0 unspecified atom stereocenters. The molecule has 1 aliphatic carbocycles. The number of halogens is 2. The first kappa shape index (κ1) is 19.8. The number of allylic oxidation sites excluding steroid dienone is 2. The molecule has 5 nitrogen and oxygen atoms in total. The number of ketones is 1. The minimum atomic E-state index is -0.822. The second-order valence-corrected chi connectivity index (χ2v) is 8.26. The molecule has 0 saturated heterocycles. The van der Waals surface area contributed by atoms with E-state index in [1.807, 2.05) is 13.8 Å². The molecule has 1 aromatic carbocycles. The van der Waals surface area contributed by atoms with Crippen LogP contribution < -0.4 is 5.73 Å². The molecule has 0 saturated carbocycles. The highest BCUT2D eigenvalue weighted by molar-refractivity contribution is 6.36. The lowest BCUT2D eigenvalue weighted by atomic mass is 9.70. The van der Waals surface area contributed by atoms with Gasteiger partial charge >= 0.3 is 5.97 Å². The summed E-state index contributed by atoms with van der Waals surface area (Å²) < 4.78 is 10.9. The fourth-order valence-corrected chi connectivity index (χ4v) is 4.28. The molecule has 7 heteroatoms. The molecule has 0 fully saturated rings. The van der Waals surface area contributed by atoms with Crippen molar-refractivity contribution in [2.24, 2.45) is 11.1 Å². The Kier molecular flexibility index (Phi) is 5.28. The third kappa shape index (κ3) is 3.58. The molecule has 3 rings (SSSR count). The van der Waals surface area contributed by atoms with E-state index in [0.717, 1.165) is 0 Å². The highest BCUT2D eigenvalue weighted by Crippen LogP contribution is 2.50. The number of Topliss-reactive ketones (excluding diaryl/α,β-unsaturated/α-hetero) is 1. The van der Waals surface area contributed by atoms with Crippen LogP contribution in [0.25, 0.3) is 0 Å². The Morgan fingerprint density at radius 2 is 1.93 bits per heavy atom. The minimum Gasteiger partial charge on any atom is -0.462 e. The van der Waals surface area contributed by atoms with Gasteiger partial charge in [0.15, 0.2) is 5.78 Å². The average Bonchev–Trinajstić information content (AvgIpc) is 2.52. The maximum atomic E-state index is 13.0. The van der Waals surface area contributed by atoms with Gasteiger partial charge in [0.05, 0.1) is 12.5 Å². The fourth-order valence-electron chi connectivity index (χ4n) is 3.67. The van der Waals surface area contributed by atoms with Crippen molar-refractivity contribution in [2.45, 2.75) is 39.5 Å². The summed E-state index contributed by atoms with van der Waals surface area (Å²) in [7, 11) is 0. The van der Waals surface area contributed by atoms with E-state index < -0.39 is 11.9 Å². The lowest BCUT2D eigenvalue weighted by molar-refractivity contribution is -0.139. The van der Waals surface area contributed by atoms with Crippen molar-refractivity contribution in [3.63, 3.8) is 0 Å². The lowest BCUT2D eigenvalue weighted by Crippen LogP contribution is -2.36. The van der Waals surface area contributed by atoms with Crippen molar-refractivity contribution in [2.75, 3.05) is 6.61 Å². The Morgan fingerprint density at radius 1 is 1.30 bits per heavy atom. The summed E-state index contributed by atoms with van der Waals surface area (Å²) in [4.78, 5) is 25.7. The SMILES string of the molecule is CCOC(=O)C1=C(N)OC2=C(C(=O)CC(C)(C)C2)[C@H]1c1c(Cl)cccc1Cl. The van der Waals surface area contributed by atoms with Crippen LogP contribution in [0.5, 0.6) is 0 Å². The van der Waals surface area contributed by atoms with Gasteiger partial charge in [-0.3, -0.25) is 4.79 Å². The maximum Gasteiger partial charge on any atom is 0.340 e. The van der Waals surface area contributed by atoms with Crippen LogP contribution in [0, 0.1) is 5.41 Å². The van der Waals surface area contributed by atoms with Crippen LogP contribution in [0.15, 0.2) is 41.0 Å². The van der Waals surface area contributed by atoms with Crippen molar-refractivity contribution in [3.8, 4) is 0 Å². The van der Waals surface area contributed by atoms with E-state index >= 15 is 0 Å². The molecular formula is C20H21Cl2NO4. The summed E-state index contributed by atoms with van der Waals surface area (Å²) in [6.07, 6.45) is 0.841. The molecule has 0 aromatic heterocycles. The van der Waals surface area contributed by atoms with Gasteiger partial charge in [0.1, 0.15) is 11.3 Å². The zero-order chi connectivity index (χ0) is 19.9. The molecule has 0 amide bonds. The molecule has 1 heterocycles. The summed E-state index contributed by atoms with van der Waals surface area (Å²) in [5.74, 6) is -1.21. The van der Waals surface area contributed by atoms with E-state index in [1.165, 1.54) is 0 Å². The topological polar surface area (TPSA) is 78.6 Å². The van der Waals surface area contributed by atoms with Crippen molar-refractivity contribution < 1.29 is 19.1 Å². The molecule has 1 aliphatic heterocycles. The van der Waals surface area contributed by atoms with Crippen LogP contribution in [0.4, 0.5) is 0 Å². The molecule has 27 heavy (non-hydrogen) atoms. The van der Waals surface area contributed by atoms with Crippen LogP contribution in [0.1, 0.15) is 45.1 Å². The first-order valence-electron chi connectivity index (χ1n) is 8.71. The Labute approximate surface area is 168 Å². The number of rotatable bonds is 3. The molecule has 1 aromatic rings. The number of ether oxygens (including phenoxy) is 2. The maximum absolute atomic E-state index is 13.0. The molecule has 0 bridgehead atoms. The van der Waals surface area contributed by atoms with Crippen LogP contribution in [0.3, 0.4) is 0 Å². The van der Waals surface area contributed by atoms with Crippen LogP contribution >= 0.6 is 23.2 Å². The van der Waals surface area contributed by atoms with Gasteiger partial charge in [0.25, 0.3) is 0 Å². The van der Waals surface area contributed by atoms with Crippen molar-refractivity contribution >= 4 is 35.0 Å². The Bertz CT molecular complexity index is 866. The van der Waals surface area contributed by atoms with Crippen molar-refractivity contribution in [1.29, 1.82) is 0 Å². The van der Waals surface area contributed by atoms with Gasteiger partial charge in [-0.1, -0.05) is 43.1 Å². The van der Waals surface area contributed by atoms with Gasteiger partial charge in [-0.05, 0) is 24.5 Å². The van der Waals surface area contributed by atoms with Gasteiger partial charge in [-0.25, -0.2) is 4.79 Å². The van der Waals surface area contributed by atoms with E-state index in [2.05, 4.69) is 0 Å². The molecule has 2 aliphatic rings. The number of carbonyl (C=O) groups is 2. The average molecular weight is 410 g/mol. The summed E-state index contributed by atoms with van der Waals surface area (Å²) >= 11 is 12.8. The molecule has 0 spiro atoms. The van der Waals surface area contributed by atoms with E-state index in [4.69, 9.17) is 38.4 Å². The van der Waals surface area contributed by atoms with E-state index in [1.54, 1.807) is 25.1 Å². The van der Waals surface area contributed by atoms with Gasteiger partial charge < -0.3 is 15.2 Å². The standard InChI is InChI=1S/C20H21Cl2NO4/c1-4-26-19(25)17-16(14-10(21)6-5-7-11(14)22)15-12(24)8-20(2,3)9-13(15)27-18(17)23/h5-7,16H,4,8-9,23H2,1-3H3/t16-/m1/s1. The molecule has 144 valence electrons. The Morgan fingerprint density at radius 3 is 2.52 bits per heavy atom. The number of hydrogen-bond donors (Lipinski definition) is 1. The van der Waals surface area contributed by atoms with Gasteiger partial charge in [0, 0.05) is 34.0 Å².